The van der Waals surface area contributed by atoms with E-state index in [0.717, 1.165) is 17.9 Å². The van der Waals surface area contributed by atoms with Gasteiger partial charge in [0.2, 0.25) is 0 Å². The van der Waals surface area contributed by atoms with Crippen molar-refractivity contribution >= 4 is 6.03 Å². The Morgan fingerprint density at radius 1 is 1.20 bits per heavy atom. The van der Waals surface area contributed by atoms with Gasteiger partial charge in [0.05, 0.1) is 6.04 Å². The first kappa shape index (κ1) is 16.6. The highest BCUT2D eigenvalue weighted by Crippen LogP contribution is 2.15. The molecule has 0 aliphatic rings. The maximum atomic E-state index is 11.9. The Balaban J connectivity index is 2.25. The lowest BCUT2D eigenvalue weighted by molar-refractivity contribution is 0.232. The summed E-state index contributed by atoms with van der Waals surface area (Å²) in [5, 5.41) is 5.87. The van der Waals surface area contributed by atoms with Crippen molar-refractivity contribution in [3.63, 3.8) is 0 Å². The summed E-state index contributed by atoms with van der Waals surface area (Å²) in [6.45, 7) is 8.07. The maximum Gasteiger partial charge on any atom is 0.315 e. The third-order valence-electron chi connectivity index (χ3n) is 3.40. The van der Waals surface area contributed by atoms with Crippen LogP contribution in [0.2, 0.25) is 0 Å². The predicted octanol–water partition coefficient (Wildman–Crippen LogP) is 4.31. The van der Waals surface area contributed by atoms with Crippen LogP contribution in [0.3, 0.4) is 0 Å². The molecule has 0 aliphatic carbocycles. The fourth-order valence-corrected chi connectivity index (χ4v) is 2.17. The third-order valence-corrected chi connectivity index (χ3v) is 3.40. The van der Waals surface area contributed by atoms with E-state index in [1.807, 2.05) is 32.9 Å². The molecule has 0 spiro atoms. The van der Waals surface area contributed by atoms with Gasteiger partial charge in [-0.2, -0.15) is 0 Å². The molecule has 1 aromatic heterocycles. The number of hydrogen-bond acceptors (Lipinski definition) is 2. The summed E-state index contributed by atoms with van der Waals surface area (Å²) in [5.74, 6) is 1.64. The van der Waals surface area contributed by atoms with Gasteiger partial charge in [-0.1, -0.05) is 32.6 Å². The van der Waals surface area contributed by atoms with Crippen LogP contribution in [-0.2, 0) is 0 Å². The standard InChI is InChI=1S/C16H28N2O2/c1-5-6-7-8-9-12(2)17-16(19)18-14(4)15-11-10-13(3)20-15/h10-12,14H,5-9H2,1-4H3,(H2,17,18,19). The summed E-state index contributed by atoms with van der Waals surface area (Å²) in [6, 6.07) is 3.76. The number of amides is 2. The smallest absolute Gasteiger partial charge is 0.315 e. The quantitative estimate of drug-likeness (QED) is 0.697. The monoisotopic (exact) mass is 280 g/mol. The van der Waals surface area contributed by atoms with Crippen molar-refractivity contribution in [2.75, 3.05) is 0 Å². The largest absolute Gasteiger partial charge is 0.464 e. The first-order valence-electron chi connectivity index (χ1n) is 7.66. The lowest BCUT2D eigenvalue weighted by Crippen LogP contribution is -2.41. The van der Waals surface area contributed by atoms with Crippen LogP contribution in [0.25, 0.3) is 0 Å². The molecule has 1 heterocycles. The minimum atomic E-state index is -0.130. The normalized spacial score (nSPS) is 13.8. The Kier molecular flexibility index (Phi) is 7.20. The van der Waals surface area contributed by atoms with Gasteiger partial charge in [-0.25, -0.2) is 4.79 Å². The fourth-order valence-electron chi connectivity index (χ4n) is 2.17. The van der Waals surface area contributed by atoms with Crippen molar-refractivity contribution in [1.29, 1.82) is 0 Å². The third kappa shape index (κ3) is 6.13. The fraction of sp³-hybridized carbons (Fsp3) is 0.688. The predicted molar refractivity (Wildman–Crippen MR) is 81.7 cm³/mol. The molecule has 2 amide bonds. The Hall–Kier alpha value is -1.45. The number of unbranched alkanes of at least 4 members (excludes halogenated alkanes) is 3. The molecule has 2 atom stereocenters. The number of hydrogen-bond donors (Lipinski definition) is 2. The van der Waals surface area contributed by atoms with Gasteiger partial charge in [0.1, 0.15) is 11.5 Å². The molecule has 0 saturated carbocycles. The topological polar surface area (TPSA) is 54.3 Å². The molecule has 4 heteroatoms. The van der Waals surface area contributed by atoms with E-state index >= 15 is 0 Å². The summed E-state index contributed by atoms with van der Waals surface area (Å²) in [5.41, 5.74) is 0. The van der Waals surface area contributed by atoms with E-state index in [4.69, 9.17) is 4.42 Å². The van der Waals surface area contributed by atoms with Gasteiger partial charge in [-0.05, 0) is 39.3 Å². The van der Waals surface area contributed by atoms with Gasteiger partial charge in [-0.15, -0.1) is 0 Å². The highest BCUT2D eigenvalue weighted by Gasteiger charge is 2.13. The van der Waals surface area contributed by atoms with Gasteiger partial charge in [0, 0.05) is 6.04 Å². The van der Waals surface area contributed by atoms with Crippen molar-refractivity contribution in [2.24, 2.45) is 0 Å². The Labute approximate surface area is 122 Å². The molecular formula is C16H28N2O2. The lowest BCUT2D eigenvalue weighted by atomic mass is 10.1. The molecule has 114 valence electrons. The zero-order valence-electron chi connectivity index (χ0n) is 13.2. The second-order valence-electron chi connectivity index (χ2n) is 5.54. The first-order valence-corrected chi connectivity index (χ1v) is 7.66. The van der Waals surface area contributed by atoms with E-state index < -0.39 is 0 Å². The zero-order valence-corrected chi connectivity index (χ0v) is 13.2. The number of carbonyl (C=O) groups excluding carboxylic acids is 1. The summed E-state index contributed by atoms with van der Waals surface area (Å²) >= 11 is 0. The number of furan rings is 1. The van der Waals surface area contributed by atoms with Crippen molar-refractivity contribution in [3.8, 4) is 0 Å². The molecule has 2 unspecified atom stereocenters. The average Bonchev–Trinajstić information content (AvgIpc) is 2.81. The van der Waals surface area contributed by atoms with E-state index in [2.05, 4.69) is 17.6 Å². The van der Waals surface area contributed by atoms with Gasteiger partial charge < -0.3 is 15.1 Å². The first-order chi connectivity index (χ1) is 9.52. The van der Waals surface area contributed by atoms with Crippen molar-refractivity contribution in [2.45, 2.75) is 71.9 Å². The maximum absolute atomic E-state index is 11.9. The molecule has 1 rings (SSSR count). The minimum absolute atomic E-state index is 0.115. The van der Waals surface area contributed by atoms with Crippen LogP contribution in [0.1, 0.15) is 70.4 Å². The van der Waals surface area contributed by atoms with Crippen LogP contribution < -0.4 is 10.6 Å². The number of carbonyl (C=O) groups is 1. The summed E-state index contributed by atoms with van der Waals surface area (Å²) in [4.78, 5) is 11.9. The number of aryl methyl sites for hydroxylation is 1. The molecule has 0 radical (unpaired) electrons. The molecule has 0 saturated heterocycles. The van der Waals surface area contributed by atoms with Gasteiger partial charge in [0.15, 0.2) is 0 Å². The summed E-state index contributed by atoms with van der Waals surface area (Å²) in [7, 11) is 0. The Morgan fingerprint density at radius 3 is 2.55 bits per heavy atom. The second-order valence-corrected chi connectivity index (χ2v) is 5.54. The zero-order chi connectivity index (χ0) is 15.0. The van der Waals surface area contributed by atoms with E-state index in [-0.39, 0.29) is 18.1 Å². The highest BCUT2D eigenvalue weighted by molar-refractivity contribution is 5.74. The van der Waals surface area contributed by atoms with Crippen LogP contribution in [0.5, 0.6) is 0 Å². The number of nitrogens with one attached hydrogen (secondary N) is 2. The van der Waals surface area contributed by atoms with Crippen LogP contribution in [-0.4, -0.2) is 12.1 Å². The van der Waals surface area contributed by atoms with Crippen molar-refractivity contribution in [3.05, 3.63) is 23.7 Å². The minimum Gasteiger partial charge on any atom is -0.464 e. The highest BCUT2D eigenvalue weighted by atomic mass is 16.3. The molecule has 2 N–H and O–H groups in total. The number of urea groups is 1. The van der Waals surface area contributed by atoms with Gasteiger partial charge in [-0.3, -0.25) is 0 Å². The molecule has 0 aliphatic heterocycles. The summed E-state index contributed by atoms with van der Waals surface area (Å²) < 4.78 is 5.50. The molecule has 0 fully saturated rings. The van der Waals surface area contributed by atoms with E-state index in [1.165, 1.54) is 25.7 Å². The molecule has 4 nitrogen and oxygen atoms in total. The van der Waals surface area contributed by atoms with Crippen LogP contribution >= 0.6 is 0 Å². The second kappa shape index (κ2) is 8.67. The molecule has 0 aromatic carbocycles. The van der Waals surface area contributed by atoms with E-state index in [9.17, 15) is 4.79 Å². The average molecular weight is 280 g/mol. The van der Waals surface area contributed by atoms with Crippen LogP contribution in [0, 0.1) is 6.92 Å². The lowest BCUT2D eigenvalue weighted by Gasteiger charge is -2.17. The summed E-state index contributed by atoms with van der Waals surface area (Å²) in [6.07, 6.45) is 5.95. The molecule has 20 heavy (non-hydrogen) atoms. The van der Waals surface area contributed by atoms with Crippen molar-refractivity contribution in [1.82, 2.24) is 10.6 Å². The number of rotatable bonds is 8. The molecule has 1 aromatic rings. The van der Waals surface area contributed by atoms with Gasteiger partial charge in [0.25, 0.3) is 0 Å². The Bertz CT molecular complexity index is 401. The molecular weight excluding hydrogens is 252 g/mol. The SMILES string of the molecule is CCCCCCC(C)NC(=O)NC(C)c1ccc(C)o1. The molecule has 0 bridgehead atoms. The van der Waals surface area contributed by atoms with E-state index in [1.54, 1.807) is 0 Å². The van der Waals surface area contributed by atoms with E-state index in [0.29, 0.717) is 0 Å². The van der Waals surface area contributed by atoms with Crippen molar-refractivity contribution < 1.29 is 9.21 Å². The van der Waals surface area contributed by atoms with Gasteiger partial charge >= 0.3 is 6.03 Å². The van der Waals surface area contributed by atoms with Crippen LogP contribution in [0.4, 0.5) is 4.79 Å². The van der Waals surface area contributed by atoms with Crippen LogP contribution in [0.15, 0.2) is 16.5 Å². The Morgan fingerprint density at radius 2 is 1.95 bits per heavy atom.